The first-order valence-electron chi connectivity index (χ1n) is 10.5. The van der Waals surface area contributed by atoms with Gasteiger partial charge in [-0.15, -0.1) is 0 Å². The molecule has 2 heterocycles. The average molecular weight is 494 g/mol. The number of para-hydroxylation sites is 1. The van der Waals surface area contributed by atoms with Gasteiger partial charge in [0, 0.05) is 53.7 Å². The maximum atomic E-state index is 13.6. The molecule has 1 aliphatic heterocycles. The van der Waals surface area contributed by atoms with E-state index in [-0.39, 0.29) is 17.2 Å². The topological polar surface area (TPSA) is 62.6 Å². The van der Waals surface area contributed by atoms with Crippen LogP contribution in [0.15, 0.2) is 82.2 Å². The number of ketones is 1. The minimum Gasteiger partial charge on any atom is -0.368 e. The van der Waals surface area contributed by atoms with Gasteiger partial charge in [-0.25, -0.2) is 0 Å². The highest BCUT2D eigenvalue weighted by atomic mass is 79.9. The van der Waals surface area contributed by atoms with Gasteiger partial charge in [0.25, 0.3) is 11.5 Å². The predicted molar refractivity (Wildman–Crippen MR) is 128 cm³/mol. The minimum absolute atomic E-state index is 0.334. The molecule has 0 spiro atoms. The first-order valence-corrected chi connectivity index (χ1v) is 11.3. The number of hydrogen-bond donors (Lipinski definition) is 0. The summed E-state index contributed by atoms with van der Waals surface area (Å²) in [5, 5.41) is 0. The Kier molecular flexibility index (Phi) is 6.55. The summed E-state index contributed by atoms with van der Waals surface area (Å²) in [6, 6.07) is 19.0. The lowest BCUT2D eigenvalue weighted by Gasteiger charge is -2.37. The Balaban J connectivity index is 1.62. The molecule has 2 aromatic carbocycles. The van der Waals surface area contributed by atoms with E-state index in [2.05, 4.69) is 20.8 Å². The van der Waals surface area contributed by atoms with Crippen LogP contribution >= 0.6 is 15.9 Å². The number of carbonyl (C=O) groups excluding carboxylic acids is 2. The Morgan fingerprint density at radius 3 is 2.19 bits per heavy atom. The van der Waals surface area contributed by atoms with Crippen molar-refractivity contribution >= 4 is 33.3 Å². The van der Waals surface area contributed by atoms with Crippen molar-refractivity contribution in [3.05, 3.63) is 98.9 Å². The van der Waals surface area contributed by atoms with E-state index >= 15 is 0 Å². The lowest BCUT2D eigenvalue weighted by atomic mass is 10.0. The van der Waals surface area contributed by atoms with Crippen LogP contribution in [0.1, 0.15) is 22.0 Å². The molecule has 0 aliphatic carbocycles. The van der Waals surface area contributed by atoms with Crippen LogP contribution in [0, 0.1) is 6.92 Å². The number of pyridine rings is 1. The Labute approximate surface area is 195 Å². The number of benzene rings is 2. The molecule has 0 radical (unpaired) electrons. The number of carbonyl (C=O) groups is 2. The van der Waals surface area contributed by atoms with E-state index in [0.29, 0.717) is 37.3 Å². The number of anilines is 1. The van der Waals surface area contributed by atoms with Crippen molar-refractivity contribution in [2.45, 2.75) is 13.0 Å². The van der Waals surface area contributed by atoms with E-state index in [4.69, 9.17) is 0 Å². The number of rotatable bonds is 5. The van der Waals surface area contributed by atoms with Crippen LogP contribution in [0.5, 0.6) is 0 Å². The number of nitrogens with zero attached hydrogens (tertiary/aromatic N) is 3. The lowest BCUT2D eigenvalue weighted by Crippen LogP contribution is -2.52. The van der Waals surface area contributed by atoms with Crippen molar-refractivity contribution in [1.29, 1.82) is 0 Å². The fourth-order valence-corrected chi connectivity index (χ4v) is 4.22. The molecule has 0 N–H and O–H groups in total. The number of hydrogen-bond acceptors (Lipinski definition) is 4. The lowest BCUT2D eigenvalue weighted by molar-refractivity contribution is -0.133. The van der Waals surface area contributed by atoms with Crippen LogP contribution in [-0.2, 0) is 4.79 Å². The summed E-state index contributed by atoms with van der Waals surface area (Å²) in [6.45, 7) is 3.98. The smallest absolute Gasteiger partial charge is 0.254 e. The van der Waals surface area contributed by atoms with Gasteiger partial charge in [0.2, 0.25) is 0 Å². The number of aryl methyl sites for hydroxylation is 1. The van der Waals surface area contributed by atoms with Crippen LogP contribution in [-0.4, -0.2) is 47.3 Å². The highest BCUT2D eigenvalue weighted by Crippen LogP contribution is 2.21. The molecule has 1 aromatic heterocycles. The molecule has 7 heteroatoms. The number of amides is 1. The van der Waals surface area contributed by atoms with Crippen molar-refractivity contribution in [2.75, 3.05) is 31.1 Å². The van der Waals surface area contributed by atoms with Crippen LogP contribution in [0.3, 0.4) is 0 Å². The molecule has 6 nitrogen and oxygen atoms in total. The zero-order chi connectivity index (χ0) is 22.7. The zero-order valence-electron chi connectivity index (χ0n) is 17.8. The summed E-state index contributed by atoms with van der Waals surface area (Å²) >= 11 is 3.37. The molecule has 3 aromatic rings. The third kappa shape index (κ3) is 4.53. The Hall–Kier alpha value is -3.19. The van der Waals surface area contributed by atoms with E-state index in [0.717, 1.165) is 10.2 Å². The second-order valence-electron chi connectivity index (χ2n) is 7.83. The van der Waals surface area contributed by atoms with Gasteiger partial charge in [-0.2, -0.15) is 0 Å². The van der Waals surface area contributed by atoms with Gasteiger partial charge in [-0.3, -0.25) is 19.0 Å². The molecule has 4 rings (SSSR count). The molecule has 1 fully saturated rings. The SMILES string of the molecule is Cc1cccn(C(C(=O)c2ccc(Br)cc2)C(=O)N2CCN(c3ccccc3)CC2)c1=O. The van der Waals surface area contributed by atoms with E-state index in [1.54, 1.807) is 48.2 Å². The Morgan fingerprint density at radius 2 is 1.53 bits per heavy atom. The van der Waals surface area contributed by atoms with Crippen molar-refractivity contribution in [2.24, 2.45) is 0 Å². The van der Waals surface area contributed by atoms with Crippen molar-refractivity contribution < 1.29 is 9.59 Å². The summed E-state index contributed by atoms with van der Waals surface area (Å²) in [6.07, 6.45) is 1.52. The third-order valence-corrected chi connectivity index (χ3v) is 6.30. The van der Waals surface area contributed by atoms with Crippen LogP contribution in [0.2, 0.25) is 0 Å². The number of aromatic nitrogens is 1. The third-order valence-electron chi connectivity index (χ3n) is 5.77. The summed E-state index contributed by atoms with van der Waals surface area (Å²) in [5.74, 6) is -0.737. The number of Topliss-reactive ketones (excluding diaryl/α,β-unsaturated/α-hetero) is 1. The molecular weight excluding hydrogens is 470 g/mol. The van der Waals surface area contributed by atoms with Gasteiger partial charge < -0.3 is 9.80 Å². The summed E-state index contributed by atoms with van der Waals surface area (Å²) in [4.78, 5) is 43.8. The second kappa shape index (κ2) is 9.53. The first-order chi connectivity index (χ1) is 15.5. The molecule has 1 unspecified atom stereocenters. The van der Waals surface area contributed by atoms with E-state index in [1.807, 2.05) is 30.3 Å². The van der Waals surface area contributed by atoms with Crippen molar-refractivity contribution in [3.63, 3.8) is 0 Å². The summed E-state index contributed by atoms with van der Waals surface area (Å²) < 4.78 is 2.10. The molecular formula is C25H24BrN3O3. The van der Waals surface area contributed by atoms with Crippen LogP contribution < -0.4 is 10.5 Å². The van der Waals surface area contributed by atoms with E-state index in [9.17, 15) is 14.4 Å². The van der Waals surface area contributed by atoms with Crippen LogP contribution in [0.25, 0.3) is 0 Å². The van der Waals surface area contributed by atoms with Crippen molar-refractivity contribution in [1.82, 2.24) is 9.47 Å². The second-order valence-corrected chi connectivity index (χ2v) is 8.74. The van der Waals surface area contributed by atoms with Gasteiger partial charge in [0.15, 0.2) is 11.8 Å². The molecule has 32 heavy (non-hydrogen) atoms. The highest BCUT2D eigenvalue weighted by molar-refractivity contribution is 9.10. The zero-order valence-corrected chi connectivity index (χ0v) is 19.4. The van der Waals surface area contributed by atoms with Gasteiger partial charge >= 0.3 is 0 Å². The maximum absolute atomic E-state index is 13.6. The number of halogens is 1. The van der Waals surface area contributed by atoms with E-state index in [1.165, 1.54) is 10.8 Å². The van der Waals surface area contributed by atoms with Gasteiger partial charge in [-0.1, -0.05) is 52.3 Å². The maximum Gasteiger partial charge on any atom is 0.254 e. The average Bonchev–Trinajstić information content (AvgIpc) is 2.83. The summed E-state index contributed by atoms with van der Waals surface area (Å²) in [7, 11) is 0. The molecule has 1 atom stereocenters. The first kappa shape index (κ1) is 22.0. The molecule has 0 bridgehead atoms. The van der Waals surface area contributed by atoms with Gasteiger partial charge in [0.1, 0.15) is 0 Å². The standard InChI is InChI=1S/C25H24BrN3O3/c1-18-6-5-13-29(24(18)31)22(23(30)19-9-11-20(26)12-10-19)25(32)28-16-14-27(15-17-28)21-7-3-2-4-8-21/h2-13,22H,14-17H2,1H3. The Morgan fingerprint density at radius 1 is 0.875 bits per heavy atom. The molecule has 1 amide bonds. The molecule has 164 valence electrons. The fraction of sp³-hybridized carbons (Fsp3) is 0.240. The van der Waals surface area contributed by atoms with Crippen molar-refractivity contribution in [3.8, 4) is 0 Å². The van der Waals surface area contributed by atoms with Crippen LogP contribution in [0.4, 0.5) is 5.69 Å². The predicted octanol–water partition coefficient (Wildman–Crippen LogP) is 3.69. The quantitative estimate of drug-likeness (QED) is 0.401. The number of piperazine rings is 1. The highest BCUT2D eigenvalue weighted by Gasteiger charge is 2.35. The van der Waals surface area contributed by atoms with Gasteiger partial charge in [-0.05, 0) is 37.3 Å². The fourth-order valence-electron chi connectivity index (χ4n) is 3.95. The largest absolute Gasteiger partial charge is 0.368 e. The molecule has 0 saturated carbocycles. The summed E-state index contributed by atoms with van der Waals surface area (Å²) in [5.41, 5.74) is 1.65. The molecule has 1 aliphatic rings. The Bertz CT molecular complexity index is 1170. The van der Waals surface area contributed by atoms with Gasteiger partial charge in [0.05, 0.1) is 0 Å². The van der Waals surface area contributed by atoms with E-state index < -0.39 is 6.04 Å². The minimum atomic E-state index is -1.23. The monoisotopic (exact) mass is 493 g/mol. The molecule has 1 saturated heterocycles. The normalized spacial score (nSPS) is 14.8.